The van der Waals surface area contributed by atoms with Crippen molar-refractivity contribution in [2.24, 2.45) is 0 Å². The van der Waals surface area contributed by atoms with Crippen molar-refractivity contribution in [3.63, 3.8) is 0 Å². The second-order valence-corrected chi connectivity index (χ2v) is 9.01. The molecule has 3 aliphatic heterocycles. The maximum atomic E-state index is 13.7. The van der Waals surface area contributed by atoms with Crippen LogP contribution in [0.5, 0.6) is 17.2 Å². The third-order valence-electron chi connectivity index (χ3n) is 6.49. The Morgan fingerprint density at radius 2 is 1.94 bits per heavy atom. The molecule has 0 aliphatic carbocycles. The van der Waals surface area contributed by atoms with Gasteiger partial charge >= 0.3 is 0 Å². The fraction of sp³-hybridized carbons (Fsp3) is 0.462. The summed E-state index contributed by atoms with van der Waals surface area (Å²) in [5.74, 6) is 1.70. The van der Waals surface area contributed by atoms with E-state index in [1.165, 1.54) is 0 Å². The molecule has 0 unspecified atom stereocenters. The summed E-state index contributed by atoms with van der Waals surface area (Å²) >= 11 is 0. The Bertz CT molecular complexity index is 1080. The van der Waals surface area contributed by atoms with Crippen molar-refractivity contribution in [3.05, 3.63) is 47.5 Å². The summed E-state index contributed by atoms with van der Waals surface area (Å²) in [5.41, 5.74) is 2.58. The summed E-state index contributed by atoms with van der Waals surface area (Å²) in [6.07, 6.45) is 1.85. The van der Waals surface area contributed by atoms with E-state index in [0.717, 1.165) is 24.0 Å². The van der Waals surface area contributed by atoms with E-state index < -0.39 is 6.10 Å². The lowest BCUT2D eigenvalue weighted by Gasteiger charge is -2.35. The van der Waals surface area contributed by atoms with Crippen LogP contribution in [0.3, 0.4) is 0 Å². The Balaban J connectivity index is 1.39. The molecule has 2 atom stereocenters. The second-order valence-electron chi connectivity index (χ2n) is 9.01. The molecule has 1 saturated heterocycles. The largest absolute Gasteiger partial charge is 0.478 e. The van der Waals surface area contributed by atoms with Gasteiger partial charge < -0.3 is 23.8 Å². The van der Waals surface area contributed by atoms with Crippen LogP contribution in [-0.2, 0) is 20.9 Å². The highest BCUT2D eigenvalue weighted by molar-refractivity contribution is 6.03. The number of amides is 2. The predicted molar refractivity (Wildman–Crippen MR) is 125 cm³/mol. The molecule has 0 bridgehead atoms. The van der Waals surface area contributed by atoms with E-state index in [2.05, 4.69) is 0 Å². The van der Waals surface area contributed by atoms with Crippen LogP contribution in [0.1, 0.15) is 37.3 Å². The molecule has 2 aromatic rings. The molecule has 3 aliphatic rings. The smallest absolute Gasteiger partial charge is 0.268 e. The maximum absolute atomic E-state index is 13.7. The van der Waals surface area contributed by atoms with Crippen molar-refractivity contribution in [2.75, 3.05) is 31.4 Å². The fourth-order valence-electron chi connectivity index (χ4n) is 4.64. The van der Waals surface area contributed by atoms with E-state index in [0.29, 0.717) is 49.1 Å². The van der Waals surface area contributed by atoms with E-state index >= 15 is 0 Å². The Hall–Kier alpha value is -3.26. The van der Waals surface area contributed by atoms with E-state index in [4.69, 9.17) is 18.9 Å². The molecule has 0 aromatic heterocycles. The first-order chi connectivity index (χ1) is 16.5. The van der Waals surface area contributed by atoms with Crippen LogP contribution in [0.15, 0.2) is 36.4 Å². The average molecular weight is 467 g/mol. The Kier molecular flexibility index (Phi) is 6.32. The molecule has 2 aromatic carbocycles. The quantitative estimate of drug-likeness (QED) is 0.622. The van der Waals surface area contributed by atoms with Crippen molar-refractivity contribution in [2.45, 2.75) is 51.9 Å². The first-order valence-corrected chi connectivity index (χ1v) is 11.9. The highest BCUT2D eigenvalue weighted by Crippen LogP contribution is 2.36. The number of anilines is 1. The third-order valence-corrected chi connectivity index (χ3v) is 6.49. The highest BCUT2D eigenvalue weighted by atomic mass is 16.7. The molecule has 180 valence electrons. The molecule has 0 radical (unpaired) electrons. The van der Waals surface area contributed by atoms with Gasteiger partial charge in [-0.1, -0.05) is 19.1 Å². The first-order valence-electron chi connectivity index (χ1n) is 11.9. The molecular weight excluding hydrogens is 436 g/mol. The van der Waals surface area contributed by atoms with Gasteiger partial charge in [0.25, 0.3) is 5.91 Å². The highest BCUT2D eigenvalue weighted by Gasteiger charge is 2.36. The molecule has 0 spiro atoms. The lowest BCUT2D eigenvalue weighted by atomic mass is 10.1. The summed E-state index contributed by atoms with van der Waals surface area (Å²) in [4.78, 5) is 30.2. The second kappa shape index (κ2) is 9.54. The number of carbonyl (C=O) groups is 2. The Labute approximate surface area is 199 Å². The summed E-state index contributed by atoms with van der Waals surface area (Å²) in [6.45, 7) is 5.60. The van der Waals surface area contributed by atoms with Crippen molar-refractivity contribution in [1.29, 1.82) is 0 Å². The van der Waals surface area contributed by atoms with Gasteiger partial charge in [-0.05, 0) is 61.6 Å². The van der Waals surface area contributed by atoms with Crippen LogP contribution in [0.2, 0.25) is 0 Å². The Morgan fingerprint density at radius 3 is 2.74 bits per heavy atom. The number of fused-ring (bicyclic) bond motifs is 2. The van der Waals surface area contributed by atoms with Crippen LogP contribution in [0.25, 0.3) is 0 Å². The number of benzene rings is 2. The normalized spacial score (nSPS) is 20.8. The molecule has 8 heteroatoms. The number of carbonyl (C=O) groups excluding carboxylic acids is 2. The standard InChI is InChI=1S/C26H30N2O6/c1-3-21-26(30)28(20-11-17(2)6-8-22(20)34-21)15-25(29)27(14-19-5-4-10-31-19)13-18-7-9-23-24(12-18)33-16-32-23/h6-9,11-12,19,21H,3-5,10,13-16H2,1-2H3/t19-,21-/m0/s1. The number of rotatable bonds is 7. The minimum absolute atomic E-state index is 0.00345. The molecule has 5 rings (SSSR count). The number of ether oxygens (including phenoxy) is 4. The first kappa shape index (κ1) is 22.5. The van der Waals surface area contributed by atoms with Crippen molar-refractivity contribution in [1.82, 2.24) is 4.90 Å². The zero-order valence-electron chi connectivity index (χ0n) is 19.6. The van der Waals surface area contributed by atoms with Gasteiger partial charge in [0.1, 0.15) is 12.3 Å². The lowest BCUT2D eigenvalue weighted by molar-refractivity contribution is -0.135. The van der Waals surface area contributed by atoms with E-state index in [1.807, 2.05) is 50.2 Å². The van der Waals surface area contributed by atoms with Crippen LogP contribution in [-0.4, -0.2) is 55.4 Å². The van der Waals surface area contributed by atoms with Crippen molar-refractivity contribution >= 4 is 17.5 Å². The number of hydrogen-bond donors (Lipinski definition) is 0. The van der Waals surface area contributed by atoms with Gasteiger partial charge in [-0.3, -0.25) is 14.5 Å². The van der Waals surface area contributed by atoms with Gasteiger partial charge in [0.05, 0.1) is 11.8 Å². The van der Waals surface area contributed by atoms with E-state index in [-0.39, 0.29) is 31.3 Å². The van der Waals surface area contributed by atoms with Gasteiger partial charge in [0.15, 0.2) is 17.6 Å². The SMILES string of the molecule is CC[C@@H]1Oc2ccc(C)cc2N(CC(=O)N(Cc2ccc3c(c2)OCO3)C[C@@H]2CCCO2)C1=O. The van der Waals surface area contributed by atoms with E-state index in [1.54, 1.807) is 9.80 Å². The molecule has 1 fully saturated rings. The Morgan fingerprint density at radius 1 is 1.12 bits per heavy atom. The zero-order valence-corrected chi connectivity index (χ0v) is 19.6. The van der Waals surface area contributed by atoms with Gasteiger partial charge in [-0.2, -0.15) is 0 Å². The lowest BCUT2D eigenvalue weighted by Crippen LogP contribution is -2.51. The predicted octanol–water partition coefficient (Wildman–Crippen LogP) is 3.44. The fourth-order valence-corrected chi connectivity index (χ4v) is 4.64. The molecule has 8 nitrogen and oxygen atoms in total. The van der Waals surface area contributed by atoms with Crippen molar-refractivity contribution in [3.8, 4) is 17.2 Å². The number of aryl methyl sites for hydroxylation is 1. The summed E-state index contributed by atoms with van der Waals surface area (Å²) < 4.78 is 22.6. The minimum atomic E-state index is -0.594. The number of hydrogen-bond acceptors (Lipinski definition) is 6. The molecule has 3 heterocycles. The molecule has 0 N–H and O–H groups in total. The minimum Gasteiger partial charge on any atom is -0.478 e. The van der Waals surface area contributed by atoms with Gasteiger partial charge in [0, 0.05) is 19.7 Å². The summed E-state index contributed by atoms with van der Waals surface area (Å²) in [7, 11) is 0. The number of nitrogens with zero attached hydrogens (tertiary/aromatic N) is 2. The van der Waals surface area contributed by atoms with E-state index in [9.17, 15) is 9.59 Å². The van der Waals surface area contributed by atoms with Gasteiger partial charge in [0.2, 0.25) is 12.7 Å². The molecule has 34 heavy (non-hydrogen) atoms. The summed E-state index contributed by atoms with van der Waals surface area (Å²) in [5, 5.41) is 0. The molecule has 2 amide bonds. The monoisotopic (exact) mass is 466 g/mol. The topological polar surface area (TPSA) is 77.5 Å². The molecule has 0 saturated carbocycles. The van der Waals surface area contributed by atoms with Gasteiger partial charge in [-0.25, -0.2) is 0 Å². The van der Waals surface area contributed by atoms with Crippen molar-refractivity contribution < 1.29 is 28.5 Å². The summed E-state index contributed by atoms with van der Waals surface area (Å²) in [6, 6.07) is 11.4. The van der Waals surface area contributed by atoms with Crippen LogP contribution in [0, 0.1) is 6.92 Å². The maximum Gasteiger partial charge on any atom is 0.268 e. The van der Waals surface area contributed by atoms with Crippen LogP contribution in [0.4, 0.5) is 5.69 Å². The third kappa shape index (κ3) is 4.55. The van der Waals surface area contributed by atoms with Crippen LogP contribution >= 0.6 is 0 Å². The zero-order chi connectivity index (χ0) is 23.7. The van der Waals surface area contributed by atoms with Gasteiger partial charge in [-0.15, -0.1) is 0 Å². The van der Waals surface area contributed by atoms with Crippen LogP contribution < -0.4 is 19.1 Å². The molecular formula is C26H30N2O6. The average Bonchev–Trinajstić information content (AvgIpc) is 3.52.